The molecule has 2 amide bonds. The molecule has 2 atom stereocenters. The Balaban J connectivity index is 1.69. The number of carboxylic acid groups (broad SMARTS) is 1. The molecular weight excluding hydrogens is 474 g/mol. The highest BCUT2D eigenvalue weighted by molar-refractivity contribution is 6.99. The number of benzene rings is 2. The molecule has 1 fully saturated rings. The minimum atomic E-state index is -2.65. The van der Waals surface area contributed by atoms with Gasteiger partial charge in [-0.05, 0) is 40.2 Å². The van der Waals surface area contributed by atoms with Crippen LogP contribution in [-0.2, 0) is 9.22 Å². The highest BCUT2D eigenvalue weighted by Crippen LogP contribution is 2.36. The van der Waals surface area contributed by atoms with Gasteiger partial charge >= 0.3 is 6.09 Å². The van der Waals surface area contributed by atoms with Gasteiger partial charge in [0.2, 0.25) is 5.91 Å². The summed E-state index contributed by atoms with van der Waals surface area (Å²) in [7, 11) is -2.65. The number of carbonyl (C=O) groups is 2. The molecule has 0 spiro atoms. The van der Waals surface area contributed by atoms with Crippen LogP contribution in [0.2, 0.25) is 5.04 Å². The van der Waals surface area contributed by atoms with Crippen LogP contribution in [0, 0.1) is 0 Å². The lowest BCUT2D eigenvalue weighted by molar-refractivity contribution is -0.127. The number of nitrogens with one attached hydrogen (secondary N) is 1. The van der Waals surface area contributed by atoms with Crippen molar-refractivity contribution < 1.29 is 19.1 Å². The Hall–Kier alpha value is -3.33. The maximum Gasteiger partial charge on any atom is 0.407 e. The van der Waals surface area contributed by atoms with E-state index in [9.17, 15) is 14.7 Å². The van der Waals surface area contributed by atoms with Crippen LogP contribution in [0.5, 0.6) is 0 Å². The summed E-state index contributed by atoms with van der Waals surface area (Å²) in [5, 5.41) is 18.3. The van der Waals surface area contributed by atoms with E-state index in [0.29, 0.717) is 26.0 Å². The zero-order chi connectivity index (χ0) is 26.2. The van der Waals surface area contributed by atoms with Crippen LogP contribution in [0.15, 0.2) is 65.8 Å². The summed E-state index contributed by atoms with van der Waals surface area (Å²) in [4.78, 5) is 28.4. The van der Waals surface area contributed by atoms with E-state index in [2.05, 4.69) is 60.4 Å². The molecule has 3 rings (SSSR count). The number of nitrogens with zero attached hydrogens (tertiary/aromatic N) is 4. The molecule has 2 aromatic rings. The van der Waals surface area contributed by atoms with Crippen molar-refractivity contribution in [2.24, 2.45) is 5.11 Å². The fourth-order valence-electron chi connectivity index (χ4n) is 4.99. The number of hydrogen-bond acceptors (Lipinski definition) is 4. The molecule has 0 aliphatic carbocycles. The average Bonchev–Trinajstić information content (AvgIpc) is 2.86. The molecule has 1 heterocycles. The van der Waals surface area contributed by atoms with Crippen molar-refractivity contribution >= 4 is 30.7 Å². The summed E-state index contributed by atoms with van der Waals surface area (Å²) >= 11 is 0. The Bertz CT molecular complexity index is 1030. The minimum Gasteiger partial charge on any atom is -0.465 e. The van der Waals surface area contributed by atoms with Crippen molar-refractivity contribution in [3.8, 4) is 0 Å². The SMILES string of the molecule is CC(C)(C)[Si](OCCCNC(=O)[C@@H]1C[C@@H](N=[N+]=[N-])CCN1C(=O)O)(c1ccccc1)c1ccccc1. The number of amides is 2. The van der Waals surface area contributed by atoms with Crippen molar-refractivity contribution in [1.82, 2.24) is 10.2 Å². The van der Waals surface area contributed by atoms with E-state index in [1.54, 1.807) is 0 Å². The normalized spacial score (nSPS) is 18.2. The lowest BCUT2D eigenvalue weighted by atomic mass is 9.97. The number of rotatable bonds is 9. The third-order valence-corrected chi connectivity index (χ3v) is 11.7. The molecule has 0 radical (unpaired) electrons. The molecule has 1 saturated heterocycles. The smallest absolute Gasteiger partial charge is 0.407 e. The summed E-state index contributed by atoms with van der Waals surface area (Å²) in [5.41, 5.74) is 8.72. The van der Waals surface area contributed by atoms with Gasteiger partial charge in [0.05, 0.1) is 0 Å². The number of likely N-dealkylation sites (tertiary alicyclic amines) is 1. The predicted octanol–water partition coefficient (Wildman–Crippen LogP) is 3.89. The quantitative estimate of drug-likeness (QED) is 0.175. The first kappa shape index (κ1) is 27.3. The van der Waals surface area contributed by atoms with E-state index in [0.717, 1.165) is 4.90 Å². The summed E-state index contributed by atoms with van der Waals surface area (Å²) in [5.74, 6) is -0.374. The lowest BCUT2D eigenvalue weighted by Gasteiger charge is -2.43. The van der Waals surface area contributed by atoms with Crippen LogP contribution in [-0.4, -0.2) is 62.1 Å². The van der Waals surface area contributed by atoms with Crippen LogP contribution in [0.1, 0.15) is 40.0 Å². The summed E-state index contributed by atoms with van der Waals surface area (Å²) in [6, 6.07) is 19.4. The molecule has 10 heteroatoms. The zero-order valence-corrected chi connectivity index (χ0v) is 22.1. The Kier molecular flexibility index (Phi) is 9.14. The molecular formula is C26H35N5O4Si. The van der Waals surface area contributed by atoms with Crippen LogP contribution >= 0.6 is 0 Å². The van der Waals surface area contributed by atoms with E-state index >= 15 is 0 Å². The molecule has 0 bridgehead atoms. The number of hydrogen-bond donors (Lipinski definition) is 2. The average molecular weight is 510 g/mol. The van der Waals surface area contributed by atoms with Crippen molar-refractivity contribution in [3.63, 3.8) is 0 Å². The van der Waals surface area contributed by atoms with E-state index < -0.39 is 20.5 Å². The van der Waals surface area contributed by atoms with Gasteiger partial charge in [0, 0.05) is 30.6 Å². The van der Waals surface area contributed by atoms with Gasteiger partial charge in [0.15, 0.2) is 0 Å². The van der Waals surface area contributed by atoms with Gasteiger partial charge in [0.25, 0.3) is 8.32 Å². The van der Waals surface area contributed by atoms with Crippen molar-refractivity contribution in [3.05, 3.63) is 71.1 Å². The molecule has 192 valence electrons. The third-order valence-electron chi connectivity index (χ3n) is 6.69. The summed E-state index contributed by atoms with van der Waals surface area (Å²) < 4.78 is 6.83. The van der Waals surface area contributed by atoms with Crippen LogP contribution < -0.4 is 15.7 Å². The zero-order valence-electron chi connectivity index (χ0n) is 21.1. The van der Waals surface area contributed by atoms with Gasteiger partial charge in [-0.1, -0.05) is 86.5 Å². The van der Waals surface area contributed by atoms with Crippen molar-refractivity contribution in [2.75, 3.05) is 19.7 Å². The molecule has 0 unspecified atom stereocenters. The monoisotopic (exact) mass is 509 g/mol. The second-order valence-corrected chi connectivity index (χ2v) is 14.3. The second kappa shape index (κ2) is 12.1. The molecule has 9 nitrogen and oxygen atoms in total. The van der Waals surface area contributed by atoms with Crippen molar-refractivity contribution in [1.29, 1.82) is 0 Å². The number of azide groups is 1. The van der Waals surface area contributed by atoms with E-state index in [4.69, 9.17) is 9.96 Å². The van der Waals surface area contributed by atoms with E-state index in [1.165, 1.54) is 10.4 Å². The molecule has 1 aliphatic heterocycles. The molecule has 2 N–H and O–H groups in total. The van der Waals surface area contributed by atoms with Gasteiger partial charge in [-0.25, -0.2) is 4.79 Å². The summed E-state index contributed by atoms with van der Waals surface area (Å²) in [6.07, 6.45) is 0.0211. The first-order valence-electron chi connectivity index (χ1n) is 12.3. The highest BCUT2D eigenvalue weighted by atomic mass is 28.4. The Labute approximate surface area is 213 Å². The number of piperidine rings is 1. The van der Waals surface area contributed by atoms with Gasteiger partial charge in [-0.15, -0.1) is 0 Å². The Morgan fingerprint density at radius 3 is 2.22 bits per heavy atom. The predicted molar refractivity (Wildman–Crippen MR) is 142 cm³/mol. The Morgan fingerprint density at radius 2 is 1.72 bits per heavy atom. The maximum absolute atomic E-state index is 12.8. The second-order valence-electron chi connectivity index (χ2n) is 10.0. The largest absolute Gasteiger partial charge is 0.465 e. The topological polar surface area (TPSA) is 128 Å². The Morgan fingerprint density at radius 1 is 1.14 bits per heavy atom. The maximum atomic E-state index is 12.8. The van der Waals surface area contributed by atoms with Gasteiger partial charge in [-0.3, -0.25) is 9.69 Å². The third kappa shape index (κ3) is 6.07. The first-order valence-corrected chi connectivity index (χ1v) is 14.2. The van der Waals surface area contributed by atoms with Crippen LogP contribution in [0.25, 0.3) is 10.4 Å². The highest BCUT2D eigenvalue weighted by Gasteiger charge is 2.50. The van der Waals surface area contributed by atoms with E-state index in [1.807, 2.05) is 36.4 Å². The molecule has 1 aliphatic rings. The van der Waals surface area contributed by atoms with Crippen LogP contribution in [0.3, 0.4) is 0 Å². The molecule has 0 saturated carbocycles. The fourth-order valence-corrected chi connectivity index (χ4v) is 9.60. The molecule has 2 aromatic carbocycles. The van der Waals surface area contributed by atoms with Crippen molar-refractivity contribution in [2.45, 2.75) is 57.2 Å². The number of carbonyl (C=O) groups excluding carboxylic acids is 1. The minimum absolute atomic E-state index is 0.140. The molecule has 36 heavy (non-hydrogen) atoms. The van der Waals surface area contributed by atoms with Gasteiger partial charge in [0.1, 0.15) is 6.04 Å². The molecule has 0 aromatic heterocycles. The summed E-state index contributed by atoms with van der Waals surface area (Å²) in [6.45, 7) is 7.60. The van der Waals surface area contributed by atoms with E-state index in [-0.39, 0.29) is 30.0 Å². The van der Waals surface area contributed by atoms with Gasteiger partial charge < -0.3 is 14.8 Å². The fraction of sp³-hybridized carbons (Fsp3) is 0.462. The van der Waals surface area contributed by atoms with Crippen LogP contribution in [0.4, 0.5) is 4.79 Å². The first-order chi connectivity index (χ1) is 17.2. The standard InChI is InChI=1S/C26H35N5O4Si/c1-26(2,3)36(21-11-6-4-7-12-21,22-13-8-5-9-14-22)35-18-10-16-28-24(32)23-19-20(29-30-27)15-17-31(23)25(33)34/h4-9,11-14,20,23H,10,15-19H2,1-3H3,(H,28,32)(H,33,34)/t20-,23-/m0/s1. The lowest BCUT2D eigenvalue weighted by Crippen LogP contribution is -2.66. The van der Waals surface area contributed by atoms with Gasteiger partial charge in [-0.2, -0.15) is 0 Å².